The predicted molar refractivity (Wildman–Crippen MR) is 61.9 cm³/mol. The molecule has 1 unspecified atom stereocenters. The summed E-state index contributed by atoms with van der Waals surface area (Å²) in [6.45, 7) is 0. The molecule has 1 aliphatic rings. The molecule has 1 aromatic carbocycles. The predicted octanol–water partition coefficient (Wildman–Crippen LogP) is 1.12. The van der Waals surface area contributed by atoms with Gasteiger partial charge in [-0.25, -0.2) is 0 Å². The lowest BCUT2D eigenvalue weighted by atomic mass is 9.98. The quantitative estimate of drug-likeness (QED) is 0.855. The van der Waals surface area contributed by atoms with E-state index in [1.54, 1.807) is 5.32 Å². The van der Waals surface area contributed by atoms with Crippen molar-refractivity contribution in [1.29, 1.82) is 0 Å². The Morgan fingerprint density at radius 2 is 2.05 bits per heavy atom. The van der Waals surface area contributed by atoms with Gasteiger partial charge in [-0.15, -0.1) is 0 Å². The van der Waals surface area contributed by atoms with Crippen LogP contribution in [0.3, 0.4) is 0 Å². The van der Waals surface area contributed by atoms with Crippen molar-refractivity contribution in [2.45, 2.75) is 25.2 Å². The van der Waals surface area contributed by atoms with E-state index >= 15 is 0 Å². The number of hydrogen-bond donors (Lipinski definition) is 2. The number of halogens is 3. The van der Waals surface area contributed by atoms with Crippen LogP contribution in [-0.2, 0) is 11.2 Å². The van der Waals surface area contributed by atoms with Crippen LogP contribution in [0.2, 0.25) is 0 Å². The smallest absolute Gasteiger partial charge is 0.470 e. The topological polar surface area (TPSA) is 81.4 Å². The Bertz CT molecular complexity index is 557. The van der Waals surface area contributed by atoms with Crippen molar-refractivity contribution in [3.8, 4) is 5.75 Å². The molecule has 2 amide bonds. The normalized spacial score (nSPS) is 17.9. The molecule has 0 radical (unpaired) electrons. The van der Waals surface area contributed by atoms with E-state index < -0.39 is 24.2 Å². The molecule has 1 aromatic rings. The van der Waals surface area contributed by atoms with Crippen molar-refractivity contribution in [2.75, 3.05) is 0 Å². The fourth-order valence-electron chi connectivity index (χ4n) is 1.98. The number of benzene rings is 1. The first-order chi connectivity index (χ1) is 9.29. The zero-order valence-electron chi connectivity index (χ0n) is 10.2. The van der Waals surface area contributed by atoms with Crippen molar-refractivity contribution in [3.63, 3.8) is 0 Å². The molecule has 0 spiro atoms. The molecule has 0 aliphatic carbocycles. The third-order valence-electron chi connectivity index (χ3n) is 2.87. The molecular formula is C12H11F3N2O3. The molecule has 3 N–H and O–H groups in total. The first-order valence-electron chi connectivity index (χ1n) is 5.75. The molecule has 0 saturated heterocycles. The van der Waals surface area contributed by atoms with Gasteiger partial charge in [0.25, 0.3) is 0 Å². The number of rotatable bonds is 2. The van der Waals surface area contributed by atoms with Crippen LogP contribution in [0.4, 0.5) is 13.2 Å². The Balaban J connectivity index is 2.14. The number of carbonyl (C=O) groups is 2. The van der Waals surface area contributed by atoms with Gasteiger partial charge < -0.3 is 15.8 Å². The SMILES string of the molecule is NC(=O)c1cccc2c1CCC(NC(=O)C(F)(F)F)O2. The first kappa shape index (κ1) is 14.2. The molecule has 0 fully saturated rings. The minimum absolute atomic E-state index is 0.124. The van der Waals surface area contributed by atoms with Gasteiger partial charge in [0.05, 0.1) is 0 Å². The van der Waals surface area contributed by atoms with Gasteiger partial charge in [0.2, 0.25) is 5.91 Å². The number of alkyl halides is 3. The average molecular weight is 288 g/mol. The maximum absolute atomic E-state index is 12.1. The van der Waals surface area contributed by atoms with Gasteiger partial charge in [-0.1, -0.05) is 6.07 Å². The molecule has 8 heteroatoms. The molecule has 1 atom stereocenters. The van der Waals surface area contributed by atoms with E-state index in [9.17, 15) is 22.8 Å². The lowest BCUT2D eigenvalue weighted by Crippen LogP contribution is -2.47. The Morgan fingerprint density at radius 3 is 2.65 bits per heavy atom. The summed E-state index contributed by atoms with van der Waals surface area (Å²) < 4.78 is 41.7. The molecule has 2 rings (SSSR count). The summed E-state index contributed by atoms with van der Waals surface area (Å²) in [5.74, 6) is -2.44. The average Bonchev–Trinajstić information content (AvgIpc) is 2.36. The highest BCUT2D eigenvalue weighted by Crippen LogP contribution is 2.30. The van der Waals surface area contributed by atoms with E-state index in [4.69, 9.17) is 10.5 Å². The molecule has 108 valence electrons. The molecule has 20 heavy (non-hydrogen) atoms. The molecular weight excluding hydrogens is 277 g/mol. The van der Waals surface area contributed by atoms with Crippen LogP contribution in [0.5, 0.6) is 5.75 Å². The van der Waals surface area contributed by atoms with Crippen LogP contribution < -0.4 is 15.8 Å². The lowest BCUT2D eigenvalue weighted by molar-refractivity contribution is -0.176. The molecule has 0 saturated carbocycles. The Morgan fingerprint density at radius 1 is 1.35 bits per heavy atom. The number of carbonyl (C=O) groups excluding carboxylic acids is 2. The number of fused-ring (bicyclic) bond motifs is 1. The maximum atomic E-state index is 12.1. The fraction of sp³-hybridized carbons (Fsp3) is 0.333. The van der Waals surface area contributed by atoms with Gasteiger partial charge in [0.1, 0.15) is 5.75 Å². The van der Waals surface area contributed by atoms with Gasteiger partial charge in [-0.2, -0.15) is 13.2 Å². The first-order valence-corrected chi connectivity index (χ1v) is 5.75. The van der Waals surface area contributed by atoms with E-state index in [0.717, 1.165) is 0 Å². The number of hydrogen-bond acceptors (Lipinski definition) is 3. The summed E-state index contributed by atoms with van der Waals surface area (Å²) in [5, 5.41) is 1.75. The molecule has 1 heterocycles. The molecule has 0 aromatic heterocycles. The van der Waals surface area contributed by atoms with Gasteiger partial charge in [0, 0.05) is 17.5 Å². The van der Waals surface area contributed by atoms with Crippen molar-refractivity contribution in [3.05, 3.63) is 29.3 Å². The summed E-state index contributed by atoms with van der Waals surface area (Å²) in [6, 6.07) is 4.53. The van der Waals surface area contributed by atoms with Crippen LogP contribution in [0.15, 0.2) is 18.2 Å². The summed E-state index contributed by atoms with van der Waals surface area (Å²) in [4.78, 5) is 22.0. The van der Waals surface area contributed by atoms with E-state index in [-0.39, 0.29) is 24.2 Å². The Labute approximate surface area is 111 Å². The lowest BCUT2D eigenvalue weighted by Gasteiger charge is -2.27. The highest BCUT2D eigenvalue weighted by Gasteiger charge is 2.40. The van der Waals surface area contributed by atoms with Gasteiger partial charge in [0.15, 0.2) is 6.23 Å². The van der Waals surface area contributed by atoms with Crippen molar-refractivity contribution in [1.82, 2.24) is 5.32 Å². The second-order valence-corrected chi connectivity index (χ2v) is 4.26. The standard InChI is InChI=1S/C12H11F3N2O3/c13-12(14,15)11(19)17-9-5-4-6-7(10(16)18)2-1-3-8(6)20-9/h1-3,9H,4-5H2,(H2,16,18)(H,17,19). The zero-order valence-corrected chi connectivity index (χ0v) is 10.2. The van der Waals surface area contributed by atoms with Crippen molar-refractivity contribution >= 4 is 11.8 Å². The second kappa shape index (κ2) is 5.03. The molecule has 0 bridgehead atoms. The Hall–Kier alpha value is -2.25. The van der Waals surface area contributed by atoms with Crippen LogP contribution in [0, 0.1) is 0 Å². The van der Waals surface area contributed by atoms with Gasteiger partial charge in [-0.3, -0.25) is 9.59 Å². The third-order valence-corrected chi connectivity index (χ3v) is 2.87. The highest BCUT2D eigenvalue weighted by atomic mass is 19.4. The number of ether oxygens (including phenoxy) is 1. The van der Waals surface area contributed by atoms with E-state index in [0.29, 0.717) is 5.56 Å². The summed E-state index contributed by atoms with van der Waals surface area (Å²) in [7, 11) is 0. The van der Waals surface area contributed by atoms with Crippen LogP contribution in [0.1, 0.15) is 22.3 Å². The monoisotopic (exact) mass is 288 g/mol. The molecule has 1 aliphatic heterocycles. The van der Waals surface area contributed by atoms with Gasteiger partial charge >= 0.3 is 12.1 Å². The number of nitrogens with two attached hydrogens (primary N) is 1. The van der Waals surface area contributed by atoms with E-state index in [1.807, 2.05) is 0 Å². The fourth-order valence-corrected chi connectivity index (χ4v) is 1.98. The molecule has 5 nitrogen and oxygen atoms in total. The summed E-state index contributed by atoms with van der Waals surface area (Å²) in [5.41, 5.74) is 6.00. The van der Waals surface area contributed by atoms with Gasteiger partial charge in [-0.05, 0) is 18.6 Å². The van der Waals surface area contributed by atoms with Crippen molar-refractivity contribution in [2.24, 2.45) is 5.73 Å². The summed E-state index contributed by atoms with van der Waals surface area (Å²) in [6.07, 6.45) is -5.63. The van der Waals surface area contributed by atoms with E-state index in [1.165, 1.54) is 18.2 Å². The van der Waals surface area contributed by atoms with Crippen LogP contribution >= 0.6 is 0 Å². The summed E-state index contributed by atoms with van der Waals surface area (Å²) >= 11 is 0. The minimum Gasteiger partial charge on any atom is -0.470 e. The number of nitrogens with one attached hydrogen (secondary N) is 1. The minimum atomic E-state index is -4.96. The van der Waals surface area contributed by atoms with Crippen molar-refractivity contribution < 1.29 is 27.5 Å². The largest absolute Gasteiger partial charge is 0.471 e. The zero-order chi connectivity index (χ0) is 14.9. The van der Waals surface area contributed by atoms with Crippen LogP contribution in [-0.4, -0.2) is 24.2 Å². The van der Waals surface area contributed by atoms with E-state index in [2.05, 4.69) is 0 Å². The highest BCUT2D eigenvalue weighted by molar-refractivity contribution is 5.95. The van der Waals surface area contributed by atoms with Crippen LogP contribution in [0.25, 0.3) is 0 Å². The second-order valence-electron chi connectivity index (χ2n) is 4.26. The third kappa shape index (κ3) is 2.84. The Kier molecular flexibility index (Phi) is 3.56. The number of primary amides is 1. The number of amides is 2. The maximum Gasteiger partial charge on any atom is 0.471 e.